The number of rotatable bonds is 4. The van der Waals surface area contributed by atoms with Gasteiger partial charge < -0.3 is 10.6 Å². The molecule has 0 bridgehead atoms. The van der Waals surface area contributed by atoms with Crippen LogP contribution in [0, 0.1) is 0 Å². The first kappa shape index (κ1) is 20.9. The number of carbonyl (C=O) groups excluding carboxylic acids is 2. The fourth-order valence-corrected chi connectivity index (χ4v) is 8.59. The Kier molecular flexibility index (Phi) is 5.32. The van der Waals surface area contributed by atoms with Crippen LogP contribution in [-0.4, -0.2) is 37.8 Å². The van der Waals surface area contributed by atoms with Crippen LogP contribution < -0.4 is 10.6 Å². The van der Waals surface area contributed by atoms with Gasteiger partial charge in [-0.05, 0) is 37.3 Å². The van der Waals surface area contributed by atoms with Gasteiger partial charge in [-0.1, -0.05) is 29.8 Å². The van der Waals surface area contributed by atoms with Crippen LogP contribution in [0.4, 0.5) is 5.00 Å². The summed E-state index contributed by atoms with van der Waals surface area (Å²) in [5, 5.41) is 7.51. The first-order chi connectivity index (χ1) is 14.8. The van der Waals surface area contributed by atoms with Gasteiger partial charge in [0, 0.05) is 21.0 Å². The van der Waals surface area contributed by atoms with E-state index in [9.17, 15) is 18.0 Å². The summed E-state index contributed by atoms with van der Waals surface area (Å²) in [4.78, 5) is 27.7. The Hall–Kier alpha value is -1.94. The monoisotopic (exact) mass is 494 g/mol. The maximum atomic E-state index is 13.1. The van der Waals surface area contributed by atoms with Gasteiger partial charge in [-0.3, -0.25) is 9.59 Å². The lowest BCUT2D eigenvalue weighted by Gasteiger charge is -2.13. The average molecular weight is 495 g/mol. The number of hydrogen-bond acceptors (Lipinski definition) is 6. The quantitative estimate of drug-likeness (QED) is 0.566. The number of nitrogens with one attached hydrogen (secondary N) is 2. The maximum Gasteiger partial charge on any atom is 0.267 e. The van der Waals surface area contributed by atoms with Crippen molar-refractivity contribution in [1.29, 1.82) is 0 Å². The third-order valence-electron chi connectivity index (χ3n) is 5.68. The van der Waals surface area contributed by atoms with Gasteiger partial charge >= 0.3 is 0 Å². The van der Waals surface area contributed by atoms with Gasteiger partial charge in [0.2, 0.25) is 0 Å². The first-order valence-electron chi connectivity index (χ1n) is 9.96. The summed E-state index contributed by atoms with van der Waals surface area (Å²) in [6.45, 7) is 0. The standard InChI is InChI=1S/C21H19ClN2O4S3/c22-17-13-4-1-2-6-15(13)29-18(17)20(26)24-21-16(12-5-3-7-14(12)30-21)19(25)23-11-8-9-31(27,28)10-11/h1-2,4,6,11H,3,5,7-10H2,(H,23,25)(H,24,26). The highest BCUT2D eigenvalue weighted by Crippen LogP contribution is 2.41. The van der Waals surface area contributed by atoms with Gasteiger partial charge in [-0.2, -0.15) is 0 Å². The highest BCUT2D eigenvalue weighted by molar-refractivity contribution is 7.91. The number of fused-ring (bicyclic) bond motifs is 2. The first-order valence-corrected chi connectivity index (χ1v) is 13.8. The van der Waals surface area contributed by atoms with E-state index >= 15 is 0 Å². The molecule has 2 N–H and O–H groups in total. The zero-order chi connectivity index (χ0) is 21.8. The molecule has 1 fully saturated rings. The zero-order valence-corrected chi connectivity index (χ0v) is 19.6. The number of aryl methyl sites for hydroxylation is 1. The Balaban J connectivity index is 1.43. The number of thiophene rings is 2. The summed E-state index contributed by atoms with van der Waals surface area (Å²) >= 11 is 9.19. The molecule has 6 nitrogen and oxygen atoms in total. The molecular formula is C21H19ClN2O4S3. The van der Waals surface area contributed by atoms with E-state index in [-0.39, 0.29) is 23.3 Å². The lowest BCUT2D eigenvalue weighted by molar-refractivity contribution is 0.0941. The van der Waals surface area contributed by atoms with Crippen molar-refractivity contribution >= 4 is 71.0 Å². The molecule has 2 aromatic heterocycles. The van der Waals surface area contributed by atoms with E-state index < -0.39 is 15.9 Å². The van der Waals surface area contributed by atoms with Crippen molar-refractivity contribution in [2.75, 3.05) is 16.8 Å². The lowest BCUT2D eigenvalue weighted by Crippen LogP contribution is -2.36. The van der Waals surface area contributed by atoms with Crippen LogP contribution in [0.1, 0.15) is 43.3 Å². The molecule has 3 aromatic rings. The molecule has 10 heteroatoms. The molecule has 1 aliphatic heterocycles. The molecule has 1 atom stereocenters. The molecule has 5 rings (SSSR count). The van der Waals surface area contributed by atoms with Crippen LogP contribution in [0.2, 0.25) is 5.02 Å². The van der Waals surface area contributed by atoms with Gasteiger partial charge in [-0.25, -0.2) is 8.42 Å². The third-order valence-corrected chi connectivity index (χ3v) is 10.3. The van der Waals surface area contributed by atoms with E-state index in [2.05, 4.69) is 10.6 Å². The smallest absolute Gasteiger partial charge is 0.267 e. The Labute approximate surface area is 192 Å². The average Bonchev–Trinajstić information content (AvgIpc) is 3.45. The van der Waals surface area contributed by atoms with Gasteiger partial charge in [0.05, 0.1) is 22.1 Å². The Morgan fingerprint density at radius 1 is 1.10 bits per heavy atom. The largest absolute Gasteiger partial charge is 0.348 e. The van der Waals surface area contributed by atoms with E-state index in [0.717, 1.165) is 39.8 Å². The van der Waals surface area contributed by atoms with Gasteiger partial charge in [0.1, 0.15) is 9.88 Å². The molecule has 1 saturated heterocycles. The van der Waals surface area contributed by atoms with Gasteiger partial charge in [-0.15, -0.1) is 22.7 Å². The van der Waals surface area contributed by atoms with Crippen LogP contribution in [0.3, 0.4) is 0 Å². The second-order valence-electron chi connectivity index (χ2n) is 7.83. The SMILES string of the molecule is O=C(Nc1sc2c(c1C(=O)NC1CCS(=O)(=O)C1)CCC2)c1sc2ccccc2c1Cl. The predicted molar refractivity (Wildman–Crippen MR) is 126 cm³/mol. The minimum Gasteiger partial charge on any atom is -0.348 e. The topological polar surface area (TPSA) is 92.3 Å². The number of hydrogen-bond donors (Lipinski definition) is 2. The van der Waals surface area contributed by atoms with E-state index in [1.165, 1.54) is 22.7 Å². The number of amides is 2. The van der Waals surface area contributed by atoms with E-state index in [1.807, 2.05) is 24.3 Å². The van der Waals surface area contributed by atoms with Crippen molar-refractivity contribution < 1.29 is 18.0 Å². The summed E-state index contributed by atoms with van der Waals surface area (Å²) in [7, 11) is -3.10. The lowest BCUT2D eigenvalue weighted by atomic mass is 10.1. The Morgan fingerprint density at radius 3 is 2.65 bits per heavy atom. The van der Waals surface area contributed by atoms with Crippen LogP contribution in [0.15, 0.2) is 24.3 Å². The molecule has 1 aromatic carbocycles. The highest BCUT2D eigenvalue weighted by Gasteiger charge is 2.33. The zero-order valence-electron chi connectivity index (χ0n) is 16.4. The van der Waals surface area contributed by atoms with Crippen LogP contribution in [0.25, 0.3) is 10.1 Å². The summed E-state index contributed by atoms with van der Waals surface area (Å²) in [5.41, 5.74) is 1.42. The van der Waals surface area contributed by atoms with Crippen LogP contribution in [0.5, 0.6) is 0 Å². The number of benzene rings is 1. The van der Waals surface area contributed by atoms with Crippen molar-refractivity contribution in [2.24, 2.45) is 0 Å². The molecule has 3 heterocycles. The second-order valence-corrected chi connectivity index (χ2v) is 12.6. The second kappa shape index (κ2) is 7.88. The molecule has 162 valence electrons. The van der Waals surface area contributed by atoms with Crippen molar-refractivity contribution in [1.82, 2.24) is 5.32 Å². The fourth-order valence-electron chi connectivity index (χ4n) is 4.22. The highest BCUT2D eigenvalue weighted by atomic mass is 35.5. The molecule has 2 aliphatic rings. The van der Waals surface area contributed by atoms with Crippen LogP contribution >= 0.6 is 34.3 Å². The maximum absolute atomic E-state index is 13.1. The number of anilines is 1. The van der Waals surface area contributed by atoms with Crippen molar-refractivity contribution in [3.05, 3.63) is 50.2 Å². The summed E-state index contributed by atoms with van der Waals surface area (Å²) in [6.07, 6.45) is 3.03. The summed E-state index contributed by atoms with van der Waals surface area (Å²) in [6, 6.07) is 7.16. The van der Waals surface area contributed by atoms with E-state index in [0.29, 0.717) is 26.9 Å². The van der Waals surface area contributed by atoms with Crippen molar-refractivity contribution in [2.45, 2.75) is 31.7 Å². The summed E-state index contributed by atoms with van der Waals surface area (Å²) in [5.74, 6) is -0.611. The minimum atomic E-state index is -3.10. The molecule has 0 spiro atoms. The Bertz CT molecular complexity index is 1330. The van der Waals surface area contributed by atoms with E-state index in [4.69, 9.17) is 11.6 Å². The molecule has 0 radical (unpaired) electrons. The number of sulfone groups is 1. The third kappa shape index (κ3) is 3.88. The number of carbonyl (C=O) groups is 2. The molecule has 1 unspecified atom stereocenters. The van der Waals surface area contributed by atoms with Crippen molar-refractivity contribution in [3.8, 4) is 0 Å². The van der Waals surface area contributed by atoms with Gasteiger partial charge in [0.15, 0.2) is 9.84 Å². The molecule has 2 amide bonds. The normalized spacial score (nSPS) is 19.5. The van der Waals surface area contributed by atoms with Crippen LogP contribution in [-0.2, 0) is 22.7 Å². The Morgan fingerprint density at radius 2 is 1.90 bits per heavy atom. The summed E-state index contributed by atoms with van der Waals surface area (Å²) < 4.78 is 24.4. The number of halogens is 1. The molecule has 0 saturated carbocycles. The molecule has 1 aliphatic carbocycles. The molecular weight excluding hydrogens is 476 g/mol. The van der Waals surface area contributed by atoms with Gasteiger partial charge in [0.25, 0.3) is 11.8 Å². The molecule has 31 heavy (non-hydrogen) atoms. The minimum absolute atomic E-state index is 0.0375. The fraction of sp³-hybridized carbons (Fsp3) is 0.333. The van der Waals surface area contributed by atoms with E-state index in [1.54, 1.807) is 0 Å². The van der Waals surface area contributed by atoms with Crippen molar-refractivity contribution in [3.63, 3.8) is 0 Å². The predicted octanol–water partition coefficient (Wildman–Crippen LogP) is 4.27.